The van der Waals surface area contributed by atoms with Gasteiger partial charge in [0.1, 0.15) is 6.61 Å². The highest BCUT2D eigenvalue weighted by molar-refractivity contribution is 6.32. The Morgan fingerprint density at radius 2 is 2.27 bits per heavy atom. The molecule has 2 saturated heterocycles. The van der Waals surface area contributed by atoms with Gasteiger partial charge in [0.05, 0.1) is 6.04 Å². The molecule has 2 aliphatic rings. The van der Waals surface area contributed by atoms with Gasteiger partial charge in [-0.3, -0.25) is 4.79 Å². The summed E-state index contributed by atoms with van der Waals surface area (Å²) in [6.07, 6.45) is 1.96. The number of esters is 1. The molecule has 0 saturated carbocycles. The topological polar surface area (TPSA) is 46.6 Å². The van der Waals surface area contributed by atoms with E-state index in [1.165, 1.54) is 0 Å². The largest absolute Gasteiger partial charge is 0.456 e. The highest BCUT2D eigenvalue weighted by Crippen LogP contribution is 2.20. The van der Waals surface area contributed by atoms with Crippen molar-refractivity contribution < 1.29 is 14.3 Å². The van der Waals surface area contributed by atoms with Crippen LogP contribution in [-0.2, 0) is 14.3 Å². The van der Waals surface area contributed by atoms with Crippen LogP contribution in [0, 0.1) is 0 Å². The number of cyclic esters (lactones) is 1. The van der Waals surface area contributed by atoms with Crippen LogP contribution in [0.5, 0.6) is 0 Å². The predicted molar refractivity (Wildman–Crippen MR) is 35.7 cm³/mol. The fourth-order valence-corrected chi connectivity index (χ4v) is 1.63. The number of rotatable bonds is 0. The molecular formula is C7H9NO3. The molecule has 2 heterocycles. The van der Waals surface area contributed by atoms with Gasteiger partial charge in [0, 0.05) is 6.54 Å². The number of hydrogen-bond acceptors (Lipinski definition) is 3. The van der Waals surface area contributed by atoms with Crippen molar-refractivity contribution in [1.29, 1.82) is 0 Å². The van der Waals surface area contributed by atoms with Crippen LogP contribution >= 0.6 is 0 Å². The van der Waals surface area contributed by atoms with E-state index >= 15 is 0 Å². The van der Waals surface area contributed by atoms with E-state index in [1.54, 1.807) is 4.90 Å². The van der Waals surface area contributed by atoms with Gasteiger partial charge in [-0.25, -0.2) is 4.79 Å². The van der Waals surface area contributed by atoms with Crippen molar-refractivity contribution in [3.63, 3.8) is 0 Å². The second-order valence-electron chi connectivity index (χ2n) is 2.89. The number of amides is 1. The van der Waals surface area contributed by atoms with Crippen molar-refractivity contribution in [3.8, 4) is 0 Å². The quantitative estimate of drug-likeness (QED) is 0.351. The van der Waals surface area contributed by atoms with Gasteiger partial charge in [-0.05, 0) is 12.8 Å². The smallest absolute Gasteiger partial charge is 0.397 e. The molecule has 2 fully saturated rings. The average Bonchev–Trinajstić information content (AvgIpc) is 2.45. The Kier molecular flexibility index (Phi) is 1.34. The number of carbonyl (C=O) groups excluding carboxylic acids is 2. The number of hydrogen-bond donors (Lipinski definition) is 0. The van der Waals surface area contributed by atoms with Gasteiger partial charge < -0.3 is 9.64 Å². The second kappa shape index (κ2) is 2.22. The second-order valence-corrected chi connectivity index (χ2v) is 2.89. The lowest BCUT2D eigenvalue weighted by Crippen LogP contribution is -2.48. The standard InChI is InChI=1S/C7H9NO3/c9-6-7(10)11-4-5-2-1-3-8(5)6/h5H,1-4H2/t5-/m0/s1. The molecule has 2 rings (SSSR count). The molecule has 1 atom stereocenters. The maximum atomic E-state index is 11.1. The Morgan fingerprint density at radius 3 is 3.09 bits per heavy atom. The third kappa shape index (κ3) is 0.895. The third-order valence-electron chi connectivity index (χ3n) is 2.22. The minimum absolute atomic E-state index is 0.167. The molecule has 0 aliphatic carbocycles. The zero-order valence-electron chi connectivity index (χ0n) is 6.08. The highest BCUT2D eigenvalue weighted by Gasteiger charge is 2.38. The van der Waals surface area contributed by atoms with Crippen molar-refractivity contribution in [3.05, 3.63) is 0 Å². The van der Waals surface area contributed by atoms with E-state index < -0.39 is 11.9 Å². The number of morpholine rings is 1. The monoisotopic (exact) mass is 155 g/mol. The van der Waals surface area contributed by atoms with E-state index in [2.05, 4.69) is 4.74 Å². The van der Waals surface area contributed by atoms with Crippen LogP contribution in [0.25, 0.3) is 0 Å². The molecule has 4 heteroatoms. The number of carbonyl (C=O) groups is 2. The molecule has 60 valence electrons. The fraction of sp³-hybridized carbons (Fsp3) is 0.714. The van der Waals surface area contributed by atoms with Crippen molar-refractivity contribution in [2.45, 2.75) is 18.9 Å². The summed E-state index contributed by atoms with van der Waals surface area (Å²) in [7, 11) is 0. The van der Waals surface area contributed by atoms with Gasteiger partial charge >= 0.3 is 11.9 Å². The molecule has 0 aromatic rings. The van der Waals surface area contributed by atoms with Gasteiger partial charge in [-0.1, -0.05) is 0 Å². The number of nitrogens with zero attached hydrogens (tertiary/aromatic N) is 1. The fourth-order valence-electron chi connectivity index (χ4n) is 1.63. The Balaban J connectivity index is 2.18. The van der Waals surface area contributed by atoms with Gasteiger partial charge in [0.25, 0.3) is 0 Å². The van der Waals surface area contributed by atoms with E-state index in [-0.39, 0.29) is 6.04 Å². The van der Waals surface area contributed by atoms with Gasteiger partial charge in [0.15, 0.2) is 0 Å². The zero-order chi connectivity index (χ0) is 7.84. The molecular weight excluding hydrogens is 146 g/mol. The minimum atomic E-state index is -0.692. The average molecular weight is 155 g/mol. The summed E-state index contributed by atoms with van der Waals surface area (Å²) in [6.45, 7) is 1.11. The van der Waals surface area contributed by atoms with Crippen LogP contribution in [0.4, 0.5) is 0 Å². The molecule has 2 aliphatic heterocycles. The molecule has 0 aromatic heterocycles. The van der Waals surface area contributed by atoms with Crippen molar-refractivity contribution >= 4 is 11.9 Å². The third-order valence-corrected chi connectivity index (χ3v) is 2.22. The maximum absolute atomic E-state index is 11.1. The van der Waals surface area contributed by atoms with Gasteiger partial charge in [0.2, 0.25) is 0 Å². The molecule has 0 radical (unpaired) electrons. The lowest BCUT2D eigenvalue weighted by Gasteiger charge is -2.27. The SMILES string of the molecule is O=C1OC[C@@H]2CCCN2C1=O. The molecule has 0 N–H and O–H groups in total. The van der Waals surface area contributed by atoms with Crippen LogP contribution < -0.4 is 0 Å². The molecule has 1 amide bonds. The molecule has 0 spiro atoms. The first-order valence-electron chi connectivity index (χ1n) is 3.77. The Hall–Kier alpha value is -1.06. The van der Waals surface area contributed by atoms with Gasteiger partial charge in [-0.15, -0.1) is 0 Å². The lowest BCUT2D eigenvalue weighted by molar-refractivity contribution is -0.168. The van der Waals surface area contributed by atoms with E-state index in [0.717, 1.165) is 19.4 Å². The zero-order valence-corrected chi connectivity index (χ0v) is 6.08. The molecule has 0 aromatic carbocycles. The van der Waals surface area contributed by atoms with E-state index in [0.29, 0.717) is 6.61 Å². The minimum Gasteiger partial charge on any atom is -0.456 e. The summed E-state index contributed by atoms with van der Waals surface area (Å²) in [4.78, 5) is 23.4. The number of ether oxygens (including phenoxy) is 1. The summed E-state index contributed by atoms with van der Waals surface area (Å²) in [5, 5.41) is 0. The first kappa shape index (κ1) is 6.64. The van der Waals surface area contributed by atoms with Crippen molar-refractivity contribution in [1.82, 2.24) is 4.90 Å². The molecule has 0 bridgehead atoms. The van der Waals surface area contributed by atoms with E-state index in [4.69, 9.17) is 0 Å². The summed E-state index contributed by atoms with van der Waals surface area (Å²) < 4.78 is 4.67. The van der Waals surface area contributed by atoms with Crippen LogP contribution in [0.1, 0.15) is 12.8 Å². The van der Waals surface area contributed by atoms with E-state index in [9.17, 15) is 9.59 Å². The van der Waals surface area contributed by atoms with Gasteiger partial charge in [-0.2, -0.15) is 0 Å². The number of fused-ring (bicyclic) bond motifs is 1. The van der Waals surface area contributed by atoms with Crippen LogP contribution in [0.2, 0.25) is 0 Å². The first-order valence-corrected chi connectivity index (χ1v) is 3.77. The summed E-state index contributed by atoms with van der Waals surface area (Å²) in [5.41, 5.74) is 0. The summed E-state index contributed by atoms with van der Waals surface area (Å²) >= 11 is 0. The Labute approximate surface area is 64.1 Å². The molecule has 11 heavy (non-hydrogen) atoms. The Morgan fingerprint density at radius 1 is 1.45 bits per heavy atom. The highest BCUT2D eigenvalue weighted by atomic mass is 16.5. The maximum Gasteiger partial charge on any atom is 0.397 e. The lowest BCUT2D eigenvalue weighted by atomic mass is 10.2. The van der Waals surface area contributed by atoms with E-state index in [1.807, 2.05) is 0 Å². The first-order chi connectivity index (χ1) is 5.29. The van der Waals surface area contributed by atoms with Crippen LogP contribution in [-0.4, -0.2) is 36.0 Å². The molecule has 4 nitrogen and oxygen atoms in total. The summed E-state index contributed by atoms with van der Waals surface area (Å²) in [5.74, 6) is -1.15. The van der Waals surface area contributed by atoms with Crippen molar-refractivity contribution in [2.24, 2.45) is 0 Å². The Bertz CT molecular complexity index is 214. The predicted octanol–water partition coefficient (Wildman–Crippen LogP) is -0.466. The summed E-state index contributed by atoms with van der Waals surface area (Å²) in [6, 6.07) is 0.167. The van der Waals surface area contributed by atoms with Crippen LogP contribution in [0.3, 0.4) is 0 Å². The molecule has 0 unspecified atom stereocenters. The van der Waals surface area contributed by atoms with Crippen LogP contribution in [0.15, 0.2) is 0 Å². The normalized spacial score (nSPS) is 30.2. The van der Waals surface area contributed by atoms with Crippen molar-refractivity contribution in [2.75, 3.05) is 13.2 Å².